The van der Waals surface area contributed by atoms with Gasteiger partial charge in [-0.15, -0.1) is 0 Å². The molecule has 1 aromatic carbocycles. The van der Waals surface area contributed by atoms with Crippen LogP contribution in [-0.4, -0.2) is 41.2 Å². The first-order valence-corrected chi connectivity index (χ1v) is 9.12. The number of hydrogen-bond donors (Lipinski definition) is 0. The van der Waals surface area contributed by atoms with Crippen LogP contribution in [0, 0.1) is 0 Å². The fraction of sp³-hybridized carbons (Fsp3) is 0.474. The molecule has 0 aromatic heterocycles. The number of amides is 2. The van der Waals surface area contributed by atoms with Crippen LogP contribution in [-0.2, 0) is 9.59 Å². The number of halogens is 1. The van der Waals surface area contributed by atoms with E-state index in [9.17, 15) is 9.59 Å². The molecule has 4 nitrogen and oxygen atoms in total. The lowest BCUT2D eigenvalue weighted by molar-refractivity contribution is -0.137. The van der Waals surface area contributed by atoms with Crippen LogP contribution < -0.4 is 0 Å². The summed E-state index contributed by atoms with van der Waals surface area (Å²) in [7, 11) is 0. The molecule has 1 fully saturated rings. The monoisotopic (exact) mass is 346 g/mol. The summed E-state index contributed by atoms with van der Waals surface area (Å²) < 4.78 is 0. The van der Waals surface area contributed by atoms with E-state index in [2.05, 4.69) is 11.8 Å². The van der Waals surface area contributed by atoms with Gasteiger partial charge in [0.1, 0.15) is 5.70 Å². The van der Waals surface area contributed by atoms with Gasteiger partial charge < -0.3 is 4.90 Å². The van der Waals surface area contributed by atoms with Crippen LogP contribution in [0.2, 0.25) is 5.02 Å². The zero-order valence-corrected chi connectivity index (χ0v) is 14.8. The molecule has 128 valence electrons. The second kappa shape index (κ2) is 7.39. The van der Waals surface area contributed by atoms with Gasteiger partial charge in [-0.25, -0.2) is 0 Å². The molecule has 0 N–H and O–H groups in total. The molecule has 3 rings (SSSR count). The third-order valence-corrected chi connectivity index (χ3v) is 4.94. The molecule has 0 unspecified atom stereocenters. The smallest absolute Gasteiger partial charge is 0.277 e. The topological polar surface area (TPSA) is 40.6 Å². The zero-order valence-electron chi connectivity index (χ0n) is 14.1. The lowest BCUT2D eigenvalue weighted by Gasteiger charge is -2.29. The van der Waals surface area contributed by atoms with Gasteiger partial charge in [0.05, 0.1) is 5.57 Å². The van der Waals surface area contributed by atoms with Gasteiger partial charge in [0.2, 0.25) is 0 Å². The number of hydrogen-bond acceptors (Lipinski definition) is 3. The zero-order chi connectivity index (χ0) is 17.1. The first-order valence-electron chi connectivity index (χ1n) is 8.75. The molecule has 0 atom stereocenters. The maximum Gasteiger partial charge on any atom is 0.277 e. The van der Waals surface area contributed by atoms with Gasteiger partial charge in [-0.1, -0.05) is 37.1 Å². The highest BCUT2D eigenvalue weighted by molar-refractivity contribution is 6.36. The lowest BCUT2D eigenvalue weighted by Crippen LogP contribution is -2.37. The highest BCUT2D eigenvalue weighted by Gasteiger charge is 2.41. The summed E-state index contributed by atoms with van der Waals surface area (Å²) in [6.45, 7) is 4.23. The minimum Gasteiger partial charge on any atom is -0.366 e. The van der Waals surface area contributed by atoms with Crippen LogP contribution in [0.1, 0.15) is 44.6 Å². The normalized spacial score (nSPS) is 18.8. The Morgan fingerprint density at radius 2 is 1.67 bits per heavy atom. The number of benzene rings is 1. The molecule has 2 heterocycles. The van der Waals surface area contributed by atoms with Gasteiger partial charge >= 0.3 is 0 Å². The summed E-state index contributed by atoms with van der Waals surface area (Å²) in [6.07, 6.45) is 5.09. The third-order valence-electron chi connectivity index (χ3n) is 4.68. The highest BCUT2D eigenvalue weighted by Crippen LogP contribution is 2.33. The van der Waals surface area contributed by atoms with Crippen LogP contribution in [0.3, 0.4) is 0 Å². The summed E-state index contributed by atoms with van der Waals surface area (Å²) in [4.78, 5) is 29.4. The Labute approximate surface area is 148 Å². The van der Waals surface area contributed by atoms with Crippen molar-refractivity contribution < 1.29 is 9.59 Å². The highest BCUT2D eigenvalue weighted by atomic mass is 35.5. The van der Waals surface area contributed by atoms with Crippen molar-refractivity contribution in [3.8, 4) is 0 Å². The van der Waals surface area contributed by atoms with Crippen molar-refractivity contribution in [1.82, 2.24) is 9.80 Å². The maximum atomic E-state index is 13.0. The number of carbonyl (C=O) groups is 2. The second-order valence-electron chi connectivity index (χ2n) is 6.39. The fourth-order valence-electron chi connectivity index (χ4n) is 3.37. The maximum absolute atomic E-state index is 13.0. The number of nitrogens with zero attached hydrogens (tertiary/aromatic N) is 2. The van der Waals surface area contributed by atoms with Gasteiger partial charge in [0.15, 0.2) is 0 Å². The van der Waals surface area contributed by atoms with Gasteiger partial charge in [-0.05, 0) is 43.4 Å². The van der Waals surface area contributed by atoms with E-state index in [1.165, 1.54) is 11.3 Å². The molecule has 0 bridgehead atoms. The van der Waals surface area contributed by atoms with Crippen molar-refractivity contribution in [3.63, 3.8) is 0 Å². The number of rotatable bonds is 5. The first-order chi connectivity index (χ1) is 11.6. The van der Waals surface area contributed by atoms with Crippen molar-refractivity contribution in [2.75, 3.05) is 19.6 Å². The molecule has 0 radical (unpaired) electrons. The van der Waals surface area contributed by atoms with Gasteiger partial charge in [-0.3, -0.25) is 14.5 Å². The van der Waals surface area contributed by atoms with E-state index in [4.69, 9.17) is 11.6 Å². The van der Waals surface area contributed by atoms with E-state index in [1.54, 1.807) is 12.1 Å². The summed E-state index contributed by atoms with van der Waals surface area (Å²) in [5, 5.41) is 0.624. The average molecular weight is 347 g/mol. The summed E-state index contributed by atoms with van der Waals surface area (Å²) >= 11 is 5.98. The Balaban J connectivity index is 2.01. The van der Waals surface area contributed by atoms with Gasteiger partial charge in [-0.2, -0.15) is 0 Å². The quantitative estimate of drug-likeness (QED) is 0.763. The third kappa shape index (κ3) is 3.20. The second-order valence-corrected chi connectivity index (χ2v) is 6.83. The Morgan fingerprint density at radius 1 is 1.00 bits per heavy atom. The van der Waals surface area contributed by atoms with Crippen LogP contribution >= 0.6 is 11.6 Å². The van der Waals surface area contributed by atoms with Crippen LogP contribution in [0.15, 0.2) is 30.0 Å². The molecule has 2 amide bonds. The Hall–Kier alpha value is -1.81. The molecule has 5 heteroatoms. The summed E-state index contributed by atoms with van der Waals surface area (Å²) in [5.41, 5.74) is 1.89. The van der Waals surface area contributed by atoms with Crippen molar-refractivity contribution >= 4 is 29.0 Å². The molecule has 2 aliphatic heterocycles. The van der Waals surface area contributed by atoms with E-state index >= 15 is 0 Å². The molecule has 0 spiro atoms. The first kappa shape index (κ1) is 17.0. The Kier molecular flexibility index (Phi) is 5.24. The molecular weight excluding hydrogens is 324 g/mol. The van der Waals surface area contributed by atoms with Gasteiger partial charge in [0.25, 0.3) is 11.8 Å². The summed E-state index contributed by atoms with van der Waals surface area (Å²) in [5.74, 6) is -0.309. The minimum atomic E-state index is -0.170. The van der Waals surface area contributed by atoms with E-state index in [0.29, 0.717) is 22.8 Å². The standard InChI is InChI=1S/C19H23ClN2O2/c1-2-3-13-22-18(23)16(14-7-9-15(20)10-8-14)17(19(22)24)21-11-5-4-6-12-21/h7-10H,2-6,11-13H2,1H3. The van der Waals surface area contributed by atoms with Gasteiger partial charge in [0, 0.05) is 24.7 Å². The number of likely N-dealkylation sites (tertiary alicyclic amines) is 1. The van der Waals surface area contributed by atoms with E-state index in [-0.39, 0.29) is 11.8 Å². The van der Waals surface area contributed by atoms with E-state index in [0.717, 1.165) is 44.3 Å². The number of imide groups is 1. The predicted octanol–water partition coefficient (Wildman–Crippen LogP) is 3.71. The molecule has 24 heavy (non-hydrogen) atoms. The molecular formula is C19H23ClN2O2. The molecule has 1 saturated heterocycles. The lowest BCUT2D eigenvalue weighted by atomic mass is 10.0. The van der Waals surface area contributed by atoms with Crippen molar-refractivity contribution in [2.24, 2.45) is 0 Å². The van der Waals surface area contributed by atoms with Crippen molar-refractivity contribution in [1.29, 1.82) is 0 Å². The van der Waals surface area contributed by atoms with Crippen LogP contribution in [0.4, 0.5) is 0 Å². The molecule has 2 aliphatic rings. The number of piperidine rings is 1. The van der Waals surface area contributed by atoms with Crippen molar-refractivity contribution in [2.45, 2.75) is 39.0 Å². The Morgan fingerprint density at radius 3 is 2.29 bits per heavy atom. The largest absolute Gasteiger partial charge is 0.366 e. The van der Waals surface area contributed by atoms with E-state index in [1.807, 2.05) is 12.1 Å². The number of carbonyl (C=O) groups excluding carboxylic acids is 2. The molecule has 0 aliphatic carbocycles. The summed E-state index contributed by atoms with van der Waals surface area (Å²) in [6, 6.07) is 7.20. The average Bonchev–Trinajstić information content (AvgIpc) is 2.85. The molecule has 1 aromatic rings. The SMILES string of the molecule is CCCCN1C(=O)C(c2ccc(Cl)cc2)=C(N2CCCCC2)C1=O. The Bertz CT molecular complexity index is 660. The van der Waals surface area contributed by atoms with Crippen LogP contribution in [0.5, 0.6) is 0 Å². The van der Waals surface area contributed by atoms with E-state index < -0.39 is 0 Å². The van der Waals surface area contributed by atoms with Crippen LogP contribution in [0.25, 0.3) is 5.57 Å². The minimum absolute atomic E-state index is 0.139. The fourth-order valence-corrected chi connectivity index (χ4v) is 3.50. The predicted molar refractivity (Wildman–Crippen MR) is 95.4 cm³/mol. The van der Waals surface area contributed by atoms with Crippen molar-refractivity contribution in [3.05, 3.63) is 40.5 Å². The number of unbranched alkanes of at least 4 members (excludes halogenated alkanes) is 1. The molecule has 0 saturated carbocycles.